The summed E-state index contributed by atoms with van der Waals surface area (Å²) >= 11 is 3.23. The van der Waals surface area contributed by atoms with E-state index in [1.807, 2.05) is 58.8 Å². The van der Waals surface area contributed by atoms with Crippen LogP contribution in [-0.4, -0.2) is 19.9 Å². The average molecular weight is 364 g/mol. The predicted octanol–water partition coefficient (Wildman–Crippen LogP) is 5.17. The van der Waals surface area contributed by atoms with Crippen molar-refractivity contribution < 1.29 is 4.52 Å². The second kappa shape index (κ2) is 5.65. The van der Waals surface area contributed by atoms with Gasteiger partial charge in [0.1, 0.15) is 4.83 Å². The third kappa shape index (κ3) is 2.40. The standard InChI is InChI=1S/C18H12N4OS2/c1-11-14-9-15(16-19-17(23-21-16)12-7-8-24-10-12)25-18(14)22(20-11)13-5-3-2-4-6-13/h2-10H,1H3. The van der Waals surface area contributed by atoms with Gasteiger partial charge in [-0.2, -0.15) is 21.4 Å². The number of thiophene rings is 2. The summed E-state index contributed by atoms with van der Waals surface area (Å²) in [6.07, 6.45) is 0. The molecular weight excluding hydrogens is 352 g/mol. The topological polar surface area (TPSA) is 56.7 Å². The molecule has 0 unspecified atom stereocenters. The Morgan fingerprint density at radius 2 is 2.00 bits per heavy atom. The Hall–Kier alpha value is -2.77. The van der Waals surface area contributed by atoms with Gasteiger partial charge in [-0.15, -0.1) is 11.3 Å². The van der Waals surface area contributed by atoms with Crippen molar-refractivity contribution in [3.63, 3.8) is 0 Å². The highest BCUT2D eigenvalue weighted by atomic mass is 32.1. The Morgan fingerprint density at radius 3 is 2.80 bits per heavy atom. The molecule has 0 N–H and O–H groups in total. The number of aryl methyl sites for hydroxylation is 1. The van der Waals surface area contributed by atoms with Gasteiger partial charge in [-0.3, -0.25) is 0 Å². The monoisotopic (exact) mass is 364 g/mol. The molecule has 5 nitrogen and oxygen atoms in total. The Morgan fingerprint density at radius 1 is 1.12 bits per heavy atom. The maximum atomic E-state index is 5.41. The molecule has 5 aromatic rings. The summed E-state index contributed by atoms with van der Waals surface area (Å²) < 4.78 is 7.38. The first-order valence-electron chi connectivity index (χ1n) is 7.71. The quantitative estimate of drug-likeness (QED) is 0.443. The van der Waals surface area contributed by atoms with Gasteiger partial charge in [-0.05, 0) is 36.6 Å². The summed E-state index contributed by atoms with van der Waals surface area (Å²) in [4.78, 5) is 6.60. The molecule has 0 atom stereocenters. The van der Waals surface area contributed by atoms with E-state index in [0.29, 0.717) is 11.7 Å². The van der Waals surface area contributed by atoms with E-state index in [2.05, 4.69) is 21.3 Å². The van der Waals surface area contributed by atoms with E-state index in [9.17, 15) is 0 Å². The molecule has 122 valence electrons. The first kappa shape index (κ1) is 14.6. The zero-order chi connectivity index (χ0) is 16.8. The van der Waals surface area contributed by atoms with Crippen LogP contribution < -0.4 is 0 Å². The van der Waals surface area contributed by atoms with Crippen LogP contribution in [0.3, 0.4) is 0 Å². The SMILES string of the molecule is Cc1nn(-c2ccccc2)c2sc(-c3noc(-c4ccsc4)n3)cc12. The van der Waals surface area contributed by atoms with Gasteiger partial charge in [0.05, 0.1) is 21.8 Å². The highest BCUT2D eigenvalue weighted by molar-refractivity contribution is 7.21. The zero-order valence-corrected chi connectivity index (χ0v) is 14.8. The summed E-state index contributed by atoms with van der Waals surface area (Å²) in [5, 5.41) is 13.9. The lowest BCUT2D eigenvalue weighted by Gasteiger charge is -2.00. The van der Waals surface area contributed by atoms with Gasteiger partial charge in [0.2, 0.25) is 5.82 Å². The molecular formula is C18H12N4OS2. The molecule has 4 heterocycles. The van der Waals surface area contributed by atoms with Crippen molar-refractivity contribution in [3.8, 4) is 27.8 Å². The van der Waals surface area contributed by atoms with Crippen LogP contribution >= 0.6 is 22.7 Å². The highest BCUT2D eigenvalue weighted by Gasteiger charge is 2.18. The fourth-order valence-corrected chi connectivity index (χ4v) is 4.47. The summed E-state index contributed by atoms with van der Waals surface area (Å²) in [6.45, 7) is 2.02. The maximum Gasteiger partial charge on any atom is 0.259 e. The highest BCUT2D eigenvalue weighted by Crippen LogP contribution is 2.35. The van der Waals surface area contributed by atoms with Gasteiger partial charge < -0.3 is 4.52 Å². The molecule has 0 aliphatic rings. The minimum atomic E-state index is 0.551. The molecule has 1 aromatic carbocycles. The minimum Gasteiger partial charge on any atom is -0.334 e. The van der Waals surface area contributed by atoms with Gasteiger partial charge in [0.15, 0.2) is 0 Å². The first-order chi connectivity index (χ1) is 12.3. The smallest absolute Gasteiger partial charge is 0.259 e. The van der Waals surface area contributed by atoms with Gasteiger partial charge in [-0.1, -0.05) is 23.4 Å². The van der Waals surface area contributed by atoms with Crippen LogP contribution in [0.15, 0.2) is 57.7 Å². The van der Waals surface area contributed by atoms with Crippen LogP contribution in [0.5, 0.6) is 0 Å². The maximum absolute atomic E-state index is 5.41. The normalized spacial score (nSPS) is 11.4. The Balaban J connectivity index is 1.62. The largest absolute Gasteiger partial charge is 0.334 e. The second-order valence-corrected chi connectivity index (χ2v) is 7.41. The van der Waals surface area contributed by atoms with Crippen molar-refractivity contribution in [3.05, 3.63) is 58.9 Å². The van der Waals surface area contributed by atoms with Crippen molar-refractivity contribution in [1.29, 1.82) is 0 Å². The number of rotatable bonds is 3. The van der Waals surface area contributed by atoms with Gasteiger partial charge in [-0.25, -0.2) is 4.68 Å². The van der Waals surface area contributed by atoms with Crippen LogP contribution in [0.2, 0.25) is 0 Å². The summed E-state index contributed by atoms with van der Waals surface area (Å²) in [5.41, 5.74) is 2.99. The molecule has 0 bridgehead atoms. The fourth-order valence-electron chi connectivity index (χ4n) is 2.73. The van der Waals surface area contributed by atoms with Crippen LogP contribution in [0, 0.1) is 6.92 Å². The Labute approximate surface area is 151 Å². The van der Waals surface area contributed by atoms with Crippen molar-refractivity contribution in [2.75, 3.05) is 0 Å². The number of nitrogens with zero attached hydrogens (tertiary/aromatic N) is 4. The van der Waals surface area contributed by atoms with Crippen LogP contribution in [-0.2, 0) is 0 Å². The summed E-state index contributed by atoms with van der Waals surface area (Å²) in [7, 11) is 0. The molecule has 0 radical (unpaired) electrons. The van der Waals surface area contributed by atoms with Crippen molar-refractivity contribution in [2.24, 2.45) is 0 Å². The zero-order valence-electron chi connectivity index (χ0n) is 13.2. The molecule has 25 heavy (non-hydrogen) atoms. The van der Waals surface area contributed by atoms with Crippen molar-refractivity contribution >= 4 is 32.9 Å². The van der Waals surface area contributed by atoms with Crippen molar-refractivity contribution in [2.45, 2.75) is 6.92 Å². The number of hydrogen-bond donors (Lipinski definition) is 0. The molecule has 4 aromatic heterocycles. The van der Waals surface area contributed by atoms with E-state index in [1.54, 1.807) is 22.7 Å². The van der Waals surface area contributed by atoms with Crippen LogP contribution in [0.1, 0.15) is 5.69 Å². The minimum absolute atomic E-state index is 0.551. The van der Waals surface area contributed by atoms with E-state index in [0.717, 1.165) is 32.0 Å². The van der Waals surface area contributed by atoms with Gasteiger partial charge in [0, 0.05) is 10.8 Å². The molecule has 7 heteroatoms. The number of hydrogen-bond acceptors (Lipinski definition) is 6. The number of benzene rings is 1. The van der Waals surface area contributed by atoms with E-state index in [4.69, 9.17) is 4.52 Å². The second-order valence-electron chi connectivity index (χ2n) is 5.60. The van der Waals surface area contributed by atoms with Crippen LogP contribution in [0.25, 0.3) is 38.1 Å². The number of aromatic nitrogens is 4. The molecule has 0 spiro atoms. The molecule has 0 saturated heterocycles. The summed E-state index contributed by atoms with van der Waals surface area (Å²) in [5.74, 6) is 1.16. The summed E-state index contributed by atoms with van der Waals surface area (Å²) in [6, 6.07) is 14.2. The number of para-hydroxylation sites is 1. The average Bonchev–Trinajstić information content (AvgIpc) is 3.41. The lowest BCUT2D eigenvalue weighted by atomic mass is 10.3. The Kier molecular flexibility index (Phi) is 3.29. The van der Waals surface area contributed by atoms with E-state index < -0.39 is 0 Å². The van der Waals surface area contributed by atoms with E-state index >= 15 is 0 Å². The van der Waals surface area contributed by atoms with Gasteiger partial charge >= 0.3 is 0 Å². The number of fused-ring (bicyclic) bond motifs is 1. The molecule has 0 aliphatic heterocycles. The lowest BCUT2D eigenvalue weighted by Crippen LogP contribution is -1.94. The van der Waals surface area contributed by atoms with E-state index in [1.165, 1.54) is 0 Å². The molecule has 0 aliphatic carbocycles. The van der Waals surface area contributed by atoms with Gasteiger partial charge in [0.25, 0.3) is 5.89 Å². The lowest BCUT2D eigenvalue weighted by molar-refractivity contribution is 0.432. The molecule has 0 saturated carbocycles. The first-order valence-corrected chi connectivity index (χ1v) is 9.47. The third-order valence-corrected chi connectivity index (χ3v) is 5.75. The van der Waals surface area contributed by atoms with Crippen LogP contribution in [0.4, 0.5) is 0 Å². The fraction of sp³-hybridized carbons (Fsp3) is 0.0556. The molecule has 0 fully saturated rings. The Bertz CT molecular complexity index is 1150. The third-order valence-electron chi connectivity index (χ3n) is 3.96. The van der Waals surface area contributed by atoms with Crippen molar-refractivity contribution in [1.82, 2.24) is 19.9 Å². The van der Waals surface area contributed by atoms with E-state index in [-0.39, 0.29) is 0 Å². The predicted molar refractivity (Wildman–Crippen MR) is 100 cm³/mol. The molecule has 5 rings (SSSR count). The molecule has 0 amide bonds.